The van der Waals surface area contributed by atoms with Crippen LogP contribution in [0, 0.1) is 10.1 Å². The highest BCUT2D eigenvalue weighted by Gasteiger charge is 2.19. The molecular weight excluding hydrogens is 218 g/mol. The number of carboxylic acid groups (broad SMARTS) is 1. The molecule has 0 aliphatic heterocycles. The lowest BCUT2D eigenvalue weighted by atomic mass is 10.3. The lowest BCUT2D eigenvalue weighted by molar-refractivity contribution is -0.385. The standard InChI is InChI=1S/C6H4ClNO4S/c7-5-1-3(8(11)12)4(13-5)2-6(9)10/h1H,2H2,(H,9,10). The Balaban J connectivity index is 3.04. The smallest absolute Gasteiger partial charge is 0.308 e. The van der Waals surface area contributed by atoms with E-state index < -0.39 is 10.9 Å². The number of hydrogen-bond acceptors (Lipinski definition) is 4. The maximum absolute atomic E-state index is 10.4. The summed E-state index contributed by atoms with van der Waals surface area (Å²) in [6.45, 7) is 0. The third-order valence-corrected chi connectivity index (χ3v) is 2.52. The fourth-order valence-electron chi connectivity index (χ4n) is 0.806. The first-order chi connectivity index (χ1) is 6.00. The lowest BCUT2D eigenvalue weighted by Crippen LogP contribution is -2.00. The number of aliphatic carboxylic acids is 1. The predicted molar refractivity (Wildman–Crippen MR) is 47.3 cm³/mol. The zero-order valence-electron chi connectivity index (χ0n) is 6.19. The van der Waals surface area contributed by atoms with Crippen molar-refractivity contribution in [2.45, 2.75) is 6.42 Å². The maximum Gasteiger partial charge on any atom is 0.308 e. The third kappa shape index (κ3) is 2.40. The SMILES string of the molecule is O=C(O)Cc1sc(Cl)cc1[N+](=O)[O-]. The monoisotopic (exact) mass is 221 g/mol. The Morgan fingerprint density at radius 2 is 2.38 bits per heavy atom. The molecule has 0 spiro atoms. The van der Waals surface area contributed by atoms with E-state index in [0.717, 1.165) is 17.4 Å². The van der Waals surface area contributed by atoms with Crippen LogP contribution in [-0.2, 0) is 11.2 Å². The Hall–Kier alpha value is -1.14. The molecule has 0 aliphatic rings. The molecular formula is C6H4ClNO4S. The second kappa shape index (κ2) is 3.71. The topological polar surface area (TPSA) is 80.4 Å². The first kappa shape index (κ1) is 9.94. The summed E-state index contributed by atoms with van der Waals surface area (Å²) in [5, 5.41) is 18.8. The van der Waals surface area contributed by atoms with Gasteiger partial charge in [-0.2, -0.15) is 0 Å². The Morgan fingerprint density at radius 1 is 1.77 bits per heavy atom. The molecule has 0 unspecified atom stereocenters. The minimum absolute atomic E-state index is 0.169. The Bertz CT molecular complexity index is 362. The van der Waals surface area contributed by atoms with Crippen molar-refractivity contribution in [2.24, 2.45) is 0 Å². The highest BCUT2D eigenvalue weighted by atomic mass is 35.5. The molecule has 5 nitrogen and oxygen atoms in total. The normalized spacial score (nSPS) is 9.92. The average molecular weight is 222 g/mol. The molecule has 1 N–H and O–H groups in total. The van der Waals surface area contributed by atoms with E-state index in [1.165, 1.54) is 0 Å². The summed E-state index contributed by atoms with van der Waals surface area (Å²) in [4.78, 5) is 20.2. The van der Waals surface area contributed by atoms with Crippen molar-refractivity contribution in [2.75, 3.05) is 0 Å². The van der Waals surface area contributed by atoms with Gasteiger partial charge in [0.1, 0.15) is 4.34 Å². The first-order valence-corrected chi connectivity index (χ1v) is 4.34. The van der Waals surface area contributed by atoms with Crippen molar-refractivity contribution in [1.82, 2.24) is 0 Å². The molecule has 0 amide bonds. The van der Waals surface area contributed by atoms with E-state index in [2.05, 4.69) is 0 Å². The van der Waals surface area contributed by atoms with E-state index in [4.69, 9.17) is 16.7 Å². The van der Waals surface area contributed by atoms with Crippen LogP contribution in [0.5, 0.6) is 0 Å². The summed E-state index contributed by atoms with van der Waals surface area (Å²) in [5.74, 6) is -1.11. The molecule has 0 aromatic carbocycles. The van der Waals surface area contributed by atoms with Gasteiger partial charge in [0.05, 0.1) is 16.2 Å². The molecule has 0 aliphatic carbocycles. The first-order valence-electron chi connectivity index (χ1n) is 3.15. The minimum Gasteiger partial charge on any atom is -0.481 e. The van der Waals surface area contributed by atoms with Gasteiger partial charge in [0.25, 0.3) is 5.69 Å². The van der Waals surface area contributed by atoms with Crippen molar-refractivity contribution in [3.8, 4) is 0 Å². The quantitative estimate of drug-likeness (QED) is 0.625. The van der Waals surface area contributed by atoms with Gasteiger partial charge >= 0.3 is 5.97 Å². The van der Waals surface area contributed by atoms with Crippen molar-refractivity contribution < 1.29 is 14.8 Å². The van der Waals surface area contributed by atoms with Crippen LogP contribution in [0.3, 0.4) is 0 Å². The van der Waals surface area contributed by atoms with E-state index in [1.807, 2.05) is 0 Å². The Labute approximate surface area is 81.7 Å². The van der Waals surface area contributed by atoms with Crippen molar-refractivity contribution in [3.63, 3.8) is 0 Å². The summed E-state index contributed by atoms with van der Waals surface area (Å²) >= 11 is 6.43. The van der Waals surface area contributed by atoms with Gasteiger partial charge in [0, 0.05) is 6.07 Å². The minimum atomic E-state index is -1.11. The summed E-state index contributed by atoms with van der Waals surface area (Å²) < 4.78 is 0.225. The number of carbonyl (C=O) groups is 1. The molecule has 0 bridgehead atoms. The van der Waals surface area contributed by atoms with Gasteiger partial charge in [-0.1, -0.05) is 11.6 Å². The number of hydrogen-bond donors (Lipinski definition) is 1. The van der Waals surface area contributed by atoms with Crippen LogP contribution in [0.25, 0.3) is 0 Å². The van der Waals surface area contributed by atoms with Crippen LogP contribution in [0.2, 0.25) is 4.34 Å². The summed E-state index contributed by atoms with van der Waals surface area (Å²) in [7, 11) is 0. The predicted octanol–water partition coefficient (Wildman–Crippen LogP) is 1.94. The van der Waals surface area contributed by atoms with Crippen LogP contribution in [-0.4, -0.2) is 16.0 Å². The van der Waals surface area contributed by atoms with E-state index in [0.29, 0.717) is 0 Å². The van der Waals surface area contributed by atoms with Crippen molar-refractivity contribution >= 4 is 34.6 Å². The molecule has 70 valence electrons. The van der Waals surface area contributed by atoms with Crippen LogP contribution in [0.15, 0.2) is 6.07 Å². The largest absolute Gasteiger partial charge is 0.481 e. The molecule has 1 aromatic rings. The second-order valence-electron chi connectivity index (χ2n) is 2.19. The van der Waals surface area contributed by atoms with Crippen LogP contribution < -0.4 is 0 Å². The van der Waals surface area contributed by atoms with Gasteiger partial charge in [-0.05, 0) is 0 Å². The van der Waals surface area contributed by atoms with Crippen LogP contribution in [0.4, 0.5) is 5.69 Å². The highest BCUT2D eigenvalue weighted by Crippen LogP contribution is 2.32. The molecule has 1 rings (SSSR count). The number of nitro groups is 1. The van der Waals surface area contributed by atoms with Gasteiger partial charge in [-0.25, -0.2) is 0 Å². The van der Waals surface area contributed by atoms with E-state index >= 15 is 0 Å². The summed E-state index contributed by atoms with van der Waals surface area (Å²) in [6.07, 6.45) is -0.367. The fraction of sp³-hybridized carbons (Fsp3) is 0.167. The molecule has 0 saturated carbocycles. The zero-order chi connectivity index (χ0) is 10.0. The molecule has 13 heavy (non-hydrogen) atoms. The maximum atomic E-state index is 10.4. The average Bonchev–Trinajstić information content (AvgIpc) is 2.29. The molecule has 7 heteroatoms. The molecule has 0 saturated heterocycles. The zero-order valence-corrected chi connectivity index (χ0v) is 7.76. The third-order valence-electron chi connectivity index (χ3n) is 1.27. The number of halogens is 1. The van der Waals surface area contributed by atoms with E-state index in [1.54, 1.807) is 0 Å². The number of carboxylic acids is 1. The molecule has 0 fully saturated rings. The van der Waals surface area contributed by atoms with Gasteiger partial charge in [-0.15, -0.1) is 11.3 Å². The molecule has 0 atom stereocenters. The van der Waals surface area contributed by atoms with Gasteiger partial charge in [-0.3, -0.25) is 14.9 Å². The Morgan fingerprint density at radius 3 is 2.85 bits per heavy atom. The van der Waals surface area contributed by atoms with Crippen molar-refractivity contribution in [1.29, 1.82) is 0 Å². The van der Waals surface area contributed by atoms with E-state index in [-0.39, 0.29) is 21.3 Å². The fourth-order valence-corrected chi connectivity index (χ4v) is 2.03. The van der Waals surface area contributed by atoms with Crippen LogP contribution >= 0.6 is 22.9 Å². The van der Waals surface area contributed by atoms with Gasteiger partial charge < -0.3 is 5.11 Å². The lowest BCUT2D eigenvalue weighted by Gasteiger charge is -1.90. The molecule has 1 heterocycles. The van der Waals surface area contributed by atoms with E-state index in [9.17, 15) is 14.9 Å². The number of nitrogens with zero attached hydrogens (tertiary/aromatic N) is 1. The van der Waals surface area contributed by atoms with Gasteiger partial charge in [0.15, 0.2) is 0 Å². The van der Waals surface area contributed by atoms with Crippen LogP contribution in [0.1, 0.15) is 4.88 Å². The summed E-state index contributed by atoms with van der Waals surface area (Å²) in [5.41, 5.74) is -0.225. The number of thiophene rings is 1. The van der Waals surface area contributed by atoms with Gasteiger partial charge in [0.2, 0.25) is 0 Å². The Kier molecular flexibility index (Phi) is 2.84. The highest BCUT2D eigenvalue weighted by molar-refractivity contribution is 7.16. The molecule has 0 radical (unpaired) electrons. The molecule has 1 aromatic heterocycles. The second-order valence-corrected chi connectivity index (χ2v) is 3.95. The van der Waals surface area contributed by atoms with Crippen molar-refractivity contribution in [3.05, 3.63) is 25.4 Å². The number of rotatable bonds is 3. The summed E-state index contributed by atoms with van der Waals surface area (Å²) in [6, 6.07) is 1.16.